The first-order valence-electron chi connectivity index (χ1n) is 6.98. The van der Waals surface area contributed by atoms with Crippen molar-refractivity contribution < 1.29 is 13.2 Å². The number of rotatable bonds is 5. The first kappa shape index (κ1) is 17.7. The lowest BCUT2D eigenvalue weighted by Crippen LogP contribution is -2.50. The lowest BCUT2D eigenvalue weighted by molar-refractivity contribution is -0.132. The van der Waals surface area contributed by atoms with E-state index in [0.29, 0.717) is 43.5 Å². The highest BCUT2D eigenvalue weighted by Gasteiger charge is 2.30. The molecule has 0 unspecified atom stereocenters. The molecule has 124 valence electrons. The molecule has 1 fully saturated rings. The zero-order valence-corrected chi connectivity index (χ0v) is 15.0. The number of piperazine rings is 1. The summed E-state index contributed by atoms with van der Waals surface area (Å²) < 4.78 is 27.1. The largest absolute Gasteiger partial charge is 0.340 e. The van der Waals surface area contributed by atoms with Crippen LogP contribution in [0.1, 0.15) is 6.42 Å². The second-order valence-electron chi connectivity index (χ2n) is 5.40. The quantitative estimate of drug-likeness (QED) is 0.786. The van der Waals surface area contributed by atoms with Gasteiger partial charge in [0.1, 0.15) is 4.21 Å². The number of thiophene rings is 1. The van der Waals surface area contributed by atoms with Crippen LogP contribution in [0.3, 0.4) is 0 Å². The average molecular weight is 366 g/mol. The maximum atomic E-state index is 12.5. The first-order valence-corrected chi connectivity index (χ1v) is 9.62. The monoisotopic (exact) mass is 365 g/mol. The summed E-state index contributed by atoms with van der Waals surface area (Å²) in [5.41, 5.74) is 0. The van der Waals surface area contributed by atoms with E-state index >= 15 is 0 Å². The SMILES string of the molecule is CN(C)CCC(=O)N1CCN(S(=O)(=O)c2ccc(Cl)s2)CC1. The third kappa shape index (κ3) is 4.20. The predicted molar refractivity (Wildman–Crippen MR) is 87.8 cm³/mol. The Morgan fingerprint density at radius 3 is 2.41 bits per heavy atom. The molecule has 2 heterocycles. The number of carbonyl (C=O) groups excluding carboxylic acids is 1. The Morgan fingerprint density at radius 2 is 1.91 bits per heavy atom. The van der Waals surface area contributed by atoms with Gasteiger partial charge in [-0.05, 0) is 26.2 Å². The summed E-state index contributed by atoms with van der Waals surface area (Å²) >= 11 is 6.87. The summed E-state index contributed by atoms with van der Waals surface area (Å²) in [6.45, 7) is 2.22. The summed E-state index contributed by atoms with van der Waals surface area (Å²) in [5, 5.41) is 0. The number of sulfonamides is 1. The van der Waals surface area contributed by atoms with Gasteiger partial charge in [-0.1, -0.05) is 11.6 Å². The van der Waals surface area contributed by atoms with Crippen molar-refractivity contribution in [1.29, 1.82) is 0 Å². The van der Waals surface area contributed by atoms with Gasteiger partial charge in [0.15, 0.2) is 0 Å². The summed E-state index contributed by atoms with van der Waals surface area (Å²) in [7, 11) is 0.346. The molecule has 6 nitrogen and oxygen atoms in total. The molecule has 0 saturated carbocycles. The van der Waals surface area contributed by atoms with Crippen LogP contribution < -0.4 is 0 Å². The van der Waals surface area contributed by atoms with Crippen molar-refractivity contribution in [2.75, 3.05) is 46.8 Å². The van der Waals surface area contributed by atoms with E-state index in [1.165, 1.54) is 10.4 Å². The number of carbonyl (C=O) groups is 1. The summed E-state index contributed by atoms with van der Waals surface area (Å²) in [5.74, 6) is 0.0740. The van der Waals surface area contributed by atoms with Crippen LogP contribution in [-0.4, -0.2) is 75.2 Å². The lowest BCUT2D eigenvalue weighted by atomic mass is 10.3. The van der Waals surface area contributed by atoms with Gasteiger partial charge in [-0.3, -0.25) is 4.79 Å². The Kier molecular flexibility index (Phi) is 5.84. The fourth-order valence-corrected chi connectivity index (χ4v) is 5.28. The third-order valence-electron chi connectivity index (χ3n) is 3.51. The molecule has 0 spiro atoms. The molecule has 0 atom stereocenters. The second-order valence-corrected chi connectivity index (χ2v) is 9.28. The summed E-state index contributed by atoms with van der Waals surface area (Å²) in [6.07, 6.45) is 0.459. The van der Waals surface area contributed by atoms with Crippen LogP contribution in [0.2, 0.25) is 4.34 Å². The normalized spacial score (nSPS) is 17.2. The first-order chi connectivity index (χ1) is 10.3. The van der Waals surface area contributed by atoms with E-state index in [0.717, 1.165) is 11.3 Å². The minimum atomic E-state index is -3.49. The molecule has 0 bridgehead atoms. The number of hydrogen-bond acceptors (Lipinski definition) is 5. The van der Waals surface area contributed by atoms with Gasteiger partial charge in [-0.25, -0.2) is 8.42 Å². The fourth-order valence-electron chi connectivity index (χ4n) is 2.22. The van der Waals surface area contributed by atoms with E-state index in [9.17, 15) is 13.2 Å². The van der Waals surface area contributed by atoms with Crippen LogP contribution in [-0.2, 0) is 14.8 Å². The number of hydrogen-bond donors (Lipinski definition) is 0. The van der Waals surface area contributed by atoms with Crippen LogP contribution in [0.15, 0.2) is 16.3 Å². The zero-order chi connectivity index (χ0) is 16.3. The van der Waals surface area contributed by atoms with Crippen molar-refractivity contribution >= 4 is 38.9 Å². The number of nitrogens with zero attached hydrogens (tertiary/aromatic N) is 3. The standard InChI is InChI=1S/C13H20ClN3O3S2/c1-15(2)6-5-12(18)16-7-9-17(10-8-16)22(19,20)13-4-3-11(14)21-13/h3-4H,5-10H2,1-2H3. The minimum Gasteiger partial charge on any atom is -0.340 e. The van der Waals surface area contributed by atoms with E-state index in [1.807, 2.05) is 19.0 Å². The van der Waals surface area contributed by atoms with Crippen molar-refractivity contribution in [3.63, 3.8) is 0 Å². The Labute approximate surface area is 140 Å². The predicted octanol–water partition coefficient (Wildman–Crippen LogP) is 1.19. The van der Waals surface area contributed by atoms with E-state index in [2.05, 4.69) is 0 Å². The van der Waals surface area contributed by atoms with E-state index in [-0.39, 0.29) is 10.1 Å². The van der Waals surface area contributed by atoms with Crippen LogP contribution in [0.25, 0.3) is 0 Å². The maximum absolute atomic E-state index is 12.5. The fraction of sp³-hybridized carbons (Fsp3) is 0.615. The molecule has 1 aliphatic heterocycles. The Balaban J connectivity index is 1.93. The van der Waals surface area contributed by atoms with Gasteiger partial charge >= 0.3 is 0 Å². The molecule has 9 heteroatoms. The van der Waals surface area contributed by atoms with Gasteiger partial charge in [0.05, 0.1) is 4.34 Å². The molecule has 1 saturated heterocycles. The molecule has 1 aliphatic rings. The average Bonchev–Trinajstić information content (AvgIpc) is 2.92. The molecule has 0 aliphatic carbocycles. The Bertz CT molecular complexity index is 622. The van der Waals surface area contributed by atoms with Crippen molar-refractivity contribution in [3.05, 3.63) is 16.5 Å². The summed E-state index contributed by atoms with van der Waals surface area (Å²) in [4.78, 5) is 15.7. The molecule has 1 aromatic heterocycles. The summed E-state index contributed by atoms with van der Waals surface area (Å²) in [6, 6.07) is 3.11. The number of halogens is 1. The second kappa shape index (κ2) is 7.27. The molecular weight excluding hydrogens is 346 g/mol. The molecule has 0 N–H and O–H groups in total. The molecule has 0 aromatic carbocycles. The highest BCUT2D eigenvalue weighted by atomic mass is 35.5. The van der Waals surface area contributed by atoms with Crippen molar-refractivity contribution in [1.82, 2.24) is 14.1 Å². The molecular formula is C13H20ClN3O3S2. The Morgan fingerprint density at radius 1 is 1.27 bits per heavy atom. The van der Waals surface area contributed by atoms with Crippen LogP contribution in [0.4, 0.5) is 0 Å². The van der Waals surface area contributed by atoms with Gasteiger partial charge in [0.25, 0.3) is 10.0 Å². The molecule has 2 rings (SSSR count). The van der Waals surface area contributed by atoms with Crippen LogP contribution >= 0.6 is 22.9 Å². The molecule has 1 aromatic rings. The minimum absolute atomic E-state index is 0.0740. The highest BCUT2D eigenvalue weighted by molar-refractivity contribution is 7.91. The van der Waals surface area contributed by atoms with Gasteiger partial charge in [0, 0.05) is 39.1 Å². The van der Waals surface area contributed by atoms with Gasteiger partial charge in [-0.2, -0.15) is 4.31 Å². The Hall–Kier alpha value is -0.670. The zero-order valence-electron chi connectivity index (χ0n) is 12.7. The van der Waals surface area contributed by atoms with E-state index < -0.39 is 10.0 Å². The van der Waals surface area contributed by atoms with Crippen molar-refractivity contribution in [2.45, 2.75) is 10.6 Å². The van der Waals surface area contributed by atoms with E-state index in [1.54, 1.807) is 11.0 Å². The van der Waals surface area contributed by atoms with Gasteiger partial charge < -0.3 is 9.80 Å². The van der Waals surface area contributed by atoms with Crippen LogP contribution in [0, 0.1) is 0 Å². The highest BCUT2D eigenvalue weighted by Crippen LogP contribution is 2.28. The molecule has 1 amide bonds. The smallest absolute Gasteiger partial charge is 0.252 e. The van der Waals surface area contributed by atoms with Crippen LogP contribution in [0.5, 0.6) is 0 Å². The van der Waals surface area contributed by atoms with Crippen molar-refractivity contribution in [2.24, 2.45) is 0 Å². The van der Waals surface area contributed by atoms with E-state index in [4.69, 9.17) is 11.6 Å². The third-order valence-corrected chi connectivity index (χ3v) is 7.10. The molecule has 0 radical (unpaired) electrons. The van der Waals surface area contributed by atoms with Crippen molar-refractivity contribution in [3.8, 4) is 0 Å². The van der Waals surface area contributed by atoms with Gasteiger partial charge in [0.2, 0.25) is 5.91 Å². The van der Waals surface area contributed by atoms with Gasteiger partial charge in [-0.15, -0.1) is 11.3 Å². The number of amides is 1. The maximum Gasteiger partial charge on any atom is 0.252 e. The molecule has 22 heavy (non-hydrogen) atoms. The lowest BCUT2D eigenvalue weighted by Gasteiger charge is -2.34. The topological polar surface area (TPSA) is 60.9 Å².